The maximum atomic E-state index is 12.6. The van der Waals surface area contributed by atoms with E-state index in [1.54, 1.807) is 30.0 Å². The standard InChI is InChI=1S/C20H20BrN3O3/c1-13-4-6-14(7-5-13)11-24-12-17(21)19(23-24)22-20(25)16-9-8-15(26-2)10-18(16)27-3/h4-10,12H,11H2,1-3H3,(H,22,23,25). The first-order valence-electron chi connectivity index (χ1n) is 8.32. The Morgan fingerprint density at radius 3 is 2.56 bits per heavy atom. The molecule has 1 N–H and O–H groups in total. The van der Waals surface area contributed by atoms with Crippen LogP contribution in [-0.4, -0.2) is 29.9 Å². The smallest absolute Gasteiger partial charge is 0.260 e. The number of anilines is 1. The third-order valence-electron chi connectivity index (χ3n) is 4.07. The van der Waals surface area contributed by atoms with Gasteiger partial charge in [-0.25, -0.2) is 0 Å². The number of rotatable bonds is 6. The molecule has 0 bridgehead atoms. The molecule has 0 saturated carbocycles. The maximum Gasteiger partial charge on any atom is 0.260 e. The number of ether oxygens (including phenoxy) is 2. The van der Waals surface area contributed by atoms with Gasteiger partial charge in [0.25, 0.3) is 5.91 Å². The molecule has 0 aliphatic heterocycles. The van der Waals surface area contributed by atoms with Gasteiger partial charge in [-0.3, -0.25) is 9.48 Å². The second-order valence-corrected chi connectivity index (χ2v) is 6.88. The number of carbonyl (C=O) groups excluding carboxylic acids is 1. The molecule has 6 nitrogen and oxygen atoms in total. The van der Waals surface area contributed by atoms with Gasteiger partial charge >= 0.3 is 0 Å². The minimum atomic E-state index is -0.309. The van der Waals surface area contributed by atoms with Crippen LogP contribution in [0.3, 0.4) is 0 Å². The monoisotopic (exact) mass is 429 g/mol. The first-order chi connectivity index (χ1) is 13.0. The van der Waals surface area contributed by atoms with Crippen molar-refractivity contribution in [3.8, 4) is 11.5 Å². The highest BCUT2D eigenvalue weighted by atomic mass is 79.9. The number of benzene rings is 2. The Hall–Kier alpha value is -2.80. The number of nitrogens with one attached hydrogen (secondary N) is 1. The average molecular weight is 430 g/mol. The fraction of sp³-hybridized carbons (Fsp3) is 0.200. The molecule has 0 spiro atoms. The minimum Gasteiger partial charge on any atom is -0.497 e. The molecule has 0 radical (unpaired) electrons. The molecule has 0 unspecified atom stereocenters. The molecule has 1 amide bonds. The fourth-order valence-corrected chi connectivity index (χ4v) is 3.02. The minimum absolute atomic E-state index is 0.309. The van der Waals surface area contributed by atoms with Crippen molar-refractivity contribution in [2.24, 2.45) is 0 Å². The number of hydrogen-bond donors (Lipinski definition) is 1. The van der Waals surface area contributed by atoms with Gasteiger partial charge in [0, 0.05) is 12.3 Å². The second kappa shape index (κ2) is 8.26. The van der Waals surface area contributed by atoms with E-state index < -0.39 is 0 Å². The lowest BCUT2D eigenvalue weighted by Crippen LogP contribution is -2.14. The van der Waals surface area contributed by atoms with Crippen LogP contribution in [0.2, 0.25) is 0 Å². The van der Waals surface area contributed by atoms with Crippen molar-refractivity contribution in [3.63, 3.8) is 0 Å². The van der Waals surface area contributed by atoms with Crippen molar-refractivity contribution in [2.75, 3.05) is 19.5 Å². The van der Waals surface area contributed by atoms with E-state index in [0.717, 1.165) is 5.56 Å². The summed E-state index contributed by atoms with van der Waals surface area (Å²) in [6, 6.07) is 13.3. The number of amides is 1. The lowest BCUT2D eigenvalue weighted by atomic mass is 10.1. The fourth-order valence-electron chi connectivity index (χ4n) is 2.60. The molecular formula is C20H20BrN3O3. The van der Waals surface area contributed by atoms with E-state index >= 15 is 0 Å². The zero-order valence-electron chi connectivity index (χ0n) is 15.3. The predicted octanol–water partition coefficient (Wildman–Crippen LogP) is 4.27. The number of halogens is 1. The van der Waals surface area contributed by atoms with Crippen molar-refractivity contribution in [2.45, 2.75) is 13.5 Å². The first-order valence-corrected chi connectivity index (χ1v) is 9.11. The van der Waals surface area contributed by atoms with Crippen LogP contribution in [0.25, 0.3) is 0 Å². The van der Waals surface area contributed by atoms with Gasteiger partial charge < -0.3 is 14.8 Å². The summed E-state index contributed by atoms with van der Waals surface area (Å²) in [6.45, 7) is 2.66. The van der Waals surface area contributed by atoms with E-state index in [1.807, 2.05) is 6.20 Å². The van der Waals surface area contributed by atoms with Crippen LogP contribution < -0.4 is 14.8 Å². The van der Waals surface area contributed by atoms with Crippen LogP contribution in [0.4, 0.5) is 5.82 Å². The molecule has 0 aliphatic rings. The highest BCUT2D eigenvalue weighted by Gasteiger charge is 2.16. The van der Waals surface area contributed by atoms with E-state index in [4.69, 9.17) is 9.47 Å². The van der Waals surface area contributed by atoms with E-state index in [9.17, 15) is 4.79 Å². The van der Waals surface area contributed by atoms with Gasteiger partial charge in [-0.05, 0) is 40.5 Å². The Balaban J connectivity index is 1.77. The van der Waals surface area contributed by atoms with Gasteiger partial charge in [0.1, 0.15) is 11.5 Å². The maximum absolute atomic E-state index is 12.6. The molecular weight excluding hydrogens is 410 g/mol. The Bertz CT molecular complexity index is 952. The number of methoxy groups -OCH3 is 2. The third kappa shape index (κ3) is 4.49. The van der Waals surface area contributed by atoms with E-state index in [0.29, 0.717) is 33.9 Å². The van der Waals surface area contributed by atoms with Crippen molar-refractivity contribution in [1.82, 2.24) is 9.78 Å². The largest absolute Gasteiger partial charge is 0.497 e. The molecule has 0 saturated heterocycles. The van der Waals surface area contributed by atoms with Crippen LogP contribution in [-0.2, 0) is 6.54 Å². The molecule has 2 aromatic carbocycles. The number of hydrogen-bond acceptors (Lipinski definition) is 4. The molecule has 0 aliphatic carbocycles. The normalized spacial score (nSPS) is 10.5. The third-order valence-corrected chi connectivity index (χ3v) is 4.65. The van der Waals surface area contributed by atoms with Gasteiger partial charge in [0.05, 0.1) is 30.8 Å². The summed E-state index contributed by atoms with van der Waals surface area (Å²) in [5.74, 6) is 1.19. The summed E-state index contributed by atoms with van der Waals surface area (Å²) < 4.78 is 12.9. The average Bonchev–Trinajstić information content (AvgIpc) is 3.01. The summed E-state index contributed by atoms with van der Waals surface area (Å²) in [5, 5.41) is 7.27. The van der Waals surface area contributed by atoms with Crippen molar-refractivity contribution in [3.05, 3.63) is 69.8 Å². The molecule has 3 rings (SSSR count). The van der Waals surface area contributed by atoms with Crippen LogP contribution >= 0.6 is 15.9 Å². The molecule has 0 atom stereocenters. The zero-order valence-corrected chi connectivity index (χ0v) is 16.9. The molecule has 140 valence electrons. The molecule has 0 fully saturated rings. The van der Waals surface area contributed by atoms with Gasteiger partial charge in [-0.15, -0.1) is 0 Å². The summed E-state index contributed by atoms with van der Waals surface area (Å²) in [5.41, 5.74) is 2.74. The molecule has 7 heteroatoms. The van der Waals surface area contributed by atoms with Gasteiger partial charge in [-0.1, -0.05) is 29.8 Å². The van der Waals surface area contributed by atoms with Crippen molar-refractivity contribution < 1.29 is 14.3 Å². The van der Waals surface area contributed by atoms with Gasteiger partial charge in [0.2, 0.25) is 0 Å². The van der Waals surface area contributed by atoms with E-state index in [2.05, 4.69) is 57.5 Å². The molecule has 1 aromatic heterocycles. The topological polar surface area (TPSA) is 65.4 Å². The number of aryl methyl sites for hydroxylation is 1. The molecule has 1 heterocycles. The van der Waals surface area contributed by atoms with Crippen LogP contribution in [0.1, 0.15) is 21.5 Å². The Morgan fingerprint density at radius 1 is 1.15 bits per heavy atom. The lowest BCUT2D eigenvalue weighted by molar-refractivity contribution is 0.102. The SMILES string of the molecule is COc1ccc(C(=O)Nc2nn(Cc3ccc(C)cc3)cc2Br)c(OC)c1. The lowest BCUT2D eigenvalue weighted by Gasteiger charge is -2.10. The van der Waals surface area contributed by atoms with Gasteiger partial charge in [0.15, 0.2) is 5.82 Å². The summed E-state index contributed by atoms with van der Waals surface area (Å²) in [6.07, 6.45) is 1.83. The predicted molar refractivity (Wildman–Crippen MR) is 108 cm³/mol. The van der Waals surface area contributed by atoms with Crippen molar-refractivity contribution >= 4 is 27.7 Å². The van der Waals surface area contributed by atoms with Crippen molar-refractivity contribution in [1.29, 1.82) is 0 Å². The number of aromatic nitrogens is 2. The van der Waals surface area contributed by atoms with E-state index in [-0.39, 0.29) is 5.91 Å². The van der Waals surface area contributed by atoms with E-state index in [1.165, 1.54) is 12.7 Å². The molecule has 3 aromatic rings. The Morgan fingerprint density at radius 2 is 1.89 bits per heavy atom. The van der Waals surface area contributed by atoms with Crippen LogP contribution in [0.15, 0.2) is 53.1 Å². The summed E-state index contributed by atoms with van der Waals surface area (Å²) in [7, 11) is 3.07. The quantitative estimate of drug-likeness (QED) is 0.635. The molecule has 27 heavy (non-hydrogen) atoms. The highest BCUT2D eigenvalue weighted by Crippen LogP contribution is 2.27. The summed E-state index contributed by atoms with van der Waals surface area (Å²) in [4.78, 5) is 12.6. The summed E-state index contributed by atoms with van der Waals surface area (Å²) >= 11 is 3.45. The Kier molecular flexibility index (Phi) is 5.81. The van der Waals surface area contributed by atoms with Crippen LogP contribution in [0, 0.1) is 6.92 Å². The Labute approximate surface area is 166 Å². The van der Waals surface area contributed by atoms with Gasteiger partial charge in [-0.2, -0.15) is 5.10 Å². The number of nitrogens with zero attached hydrogens (tertiary/aromatic N) is 2. The highest BCUT2D eigenvalue weighted by molar-refractivity contribution is 9.10. The zero-order chi connectivity index (χ0) is 19.4. The second-order valence-electron chi connectivity index (χ2n) is 6.03. The first kappa shape index (κ1) is 19.0. The van der Waals surface area contributed by atoms with Crippen LogP contribution in [0.5, 0.6) is 11.5 Å². The number of carbonyl (C=O) groups is 1.